The third-order valence-corrected chi connectivity index (χ3v) is 4.75. The number of hydrogen-bond donors (Lipinski definition) is 0. The van der Waals surface area contributed by atoms with Gasteiger partial charge in [-0.15, -0.1) is 0 Å². The average molecular weight is 260 g/mol. The highest BCUT2D eigenvalue weighted by Gasteiger charge is 2.25. The second-order valence-electron chi connectivity index (χ2n) is 5.74. The molecular weight excluding hydrogens is 244 g/mol. The van der Waals surface area contributed by atoms with Crippen molar-refractivity contribution in [1.29, 1.82) is 0 Å². The van der Waals surface area contributed by atoms with Crippen LogP contribution in [0.4, 0.5) is 0 Å². The molecule has 0 bridgehead atoms. The maximum Gasteiger partial charge on any atom is 0.163 e. The molecule has 0 fully saturated rings. The molecule has 0 N–H and O–H groups in total. The van der Waals surface area contributed by atoms with E-state index in [1.165, 1.54) is 38.2 Å². The fourth-order valence-electron chi connectivity index (χ4n) is 3.66. The fourth-order valence-corrected chi connectivity index (χ4v) is 3.66. The standard InChI is InChI=1S/C19H16O/c1-11-12(2)19-16(9-10-17(19)20)15-8-7-13-5-3-4-6-14(13)18(11)15/h3-8H,9-10H2,1-2H3. The maximum absolute atomic E-state index is 12.1. The third-order valence-electron chi connectivity index (χ3n) is 4.75. The van der Waals surface area contributed by atoms with Gasteiger partial charge in [-0.2, -0.15) is 0 Å². The molecule has 0 spiro atoms. The Labute approximate surface area is 118 Å². The molecule has 1 aliphatic rings. The van der Waals surface area contributed by atoms with Crippen molar-refractivity contribution in [3.8, 4) is 0 Å². The zero-order chi connectivity index (χ0) is 13.9. The molecule has 0 unspecified atom stereocenters. The fraction of sp³-hybridized carbons (Fsp3) is 0.211. The lowest BCUT2D eigenvalue weighted by Crippen LogP contribution is -1.99. The molecule has 98 valence electrons. The van der Waals surface area contributed by atoms with Gasteiger partial charge in [-0.05, 0) is 58.5 Å². The number of Topliss-reactive ketones (excluding diaryl/α,β-unsaturated/α-hetero) is 1. The first-order valence-electron chi connectivity index (χ1n) is 7.15. The first-order chi connectivity index (χ1) is 9.68. The molecule has 20 heavy (non-hydrogen) atoms. The Bertz CT molecular complexity index is 887. The number of benzene rings is 3. The highest BCUT2D eigenvalue weighted by molar-refractivity contribution is 6.15. The minimum Gasteiger partial charge on any atom is -0.294 e. The summed E-state index contributed by atoms with van der Waals surface area (Å²) in [4.78, 5) is 12.1. The van der Waals surface area contributed by atoms with Crippen molar-refractivity contribution >= 4 is 27.3 Å². The molecule has 4 rings (SSSR count). The van der Waals surface area contributed by atoms with E-state index < -0.39 is 0 Å². The number of carbonyl (C=O) groups excluding carboxylic acids is 1. The summed E-state index contributed by atoms with van der Waals surface area (Å²) in [5.74, 6) is 0.315. The lowest BCUT2D eigenvalue weighted by atomic mass is 9.89. The average Bonchev–Trinajstić information content (AvgIpc) is 2.86. The van der Waals surface area contributed by atoms with Crippen molar-refractivity contribution in [3.05, 3.63) is 58.7 Å². The van der Waals surface area contributed by atoms with Gasteiger partial charge in [0.15, 0.2) is 5.78 Å². The van der Waals surface area contributed by atoms with Crippen LogP contribution in [0.2, 0.25) is 0 Å². The molecule has 1 aliphatic carbocycles. The third kappa shape index (κ3) is 1.35. The summed E-state index contributed by atoms with van der Waals surface area (Å²) in [5.41, 5.74) is 4.68. The van der Waals surface area contributed by atoms with E-state index in [-0.39, 0.29) is 0 Å². The van der Waals surface area contributed by atoms with Crippen molar-refractivity contribution in [2.45, 2.75) is 26.7 Å². The van der Waals surface area contributed by atoms with E-state index in [0.29, 0.717) is 12.2 Å². The largest absolute Gasteiger partial charge is 0.294 e. The van der Waals surface area contributed by atoms with Gasteiger partial charge in [0.2, 0.25) is 0 Å². The molecule has 1 heteroatoms. The zero-order valence-electron chi connectivity index (χ0n) is 11.8. The SMILES string of the molecule is Cc1c2c(c3ccc4ccccc4c3c1C)CCC2=O. The molecule has 3 aromatic rings. The predicted octanol–water partition coefficient (Wildman–Crippen LogP) is 4.74. The Hall–Kier alpha value is -2.15. The smallest absolute Gasteiger partial charge is 0.163 e. The Morgan fingerprint density at radius 1 is 0.850 bits per heavy atom. The van der Waals surface area contributed by atoms with Gasteiger partial charge < -0.3 is 0 Å². The molecule has 0 aromatic heterocycles. The number of carbonyl (C=O) groups is 1. The Morgan fingerprint density at radius 2 is 1.65 bits per heavy atom. The van der Waals surface area contributed by atoms with Crippen LogP contribution in [-0.4, -0.2) is 5.78 Å². The predicted molar refractivity (Wildman–Crippen MR) is 83.6 cm³/mol. The molecule has 0 amide bonds. The first kappa shape index (κ1) is 11.7. The Kier molecular flexibility index (Phi) is 2.29. The highest BCUT2D eigenvalue weighted by atomic mass is 16.1. The molecule has 0 aliphatic heterocycles. The topological polar surface area (TPSA) is 17.1 Å². The molecular formula is C19H16O. The van der Waals surface area contributed by atoms with Crippen LogP contribution in [0.3, 0.4) is 0 Å². The van der Waals surface area contributed by atoms with Crippen LogP contribution < -0.4 is 0 Å². The molecule has 1 nitrogen and oxygen atoms in total. The Morgan fingerprint density at radius 3 is 2.50 bits per heavy atom. The van der Waals surface area contributed by atoms with Crippen LogP contribution in [0.25, 0.3) is 21.5 Å². The van der Waals surface area contributed by atoms with E-state index in [9.17, 15) is 4.79 Å². The number of aryl methyl sites for hydroxylation is 2. The minimum absolute atomic E-state index is 0.315. The lowest BCUT2D eigenvalue weighted by Gasteiger charge is -2.15. The van der Waals surface area contributed by atoms with Gasteiger partial charge in [-0.25, -0.2) is 0 Å². The van der Waals surface area contributed by atoms with Crippen molar-refractivity contribution in [1.82, 2.24) is 0 Å². The second-order valence-corrected chi connectivity index (χ2v) is 5.74. The number of fused-ring (bicyclic) bond motifs is 5. The van der Waals surface area contributed by atoms with Gasteiger partial charge in [0.05, 0.1) is 0 Å². The zero-order valence-corrected chi connectivity index (χ0v) is 11.8. The number of rotatable bonds is 0. The molecule has 0 atom stereocenters. The molecule has 0 saturated carbocycles. The van der Waals surface area contributed by atoms with Crippen molar-refractivity contribution in [3.63, 3.8) is 0 Å². The van der Waals surface area contributed by atoms with Crippen LogP contribution in [0.5, 0.6) is 0 Å². The molecule has 0 saturated heterocycles. The van der Waals surface area contributed by atoms with E-state index in [4.69, 9.17) is 0 Å². The van der Waals surface area contributed by atoms with Crippen LogP contribution >= 0.6 is 0 Å². The maximum atomic E-state index is 12.1. The van der Waals surface area contributed by atoms with E-state index in [0.717, 1.165) is 12.0 Å². The molecule has 0 heterocycles. The summed E-state index contributed by atoms with van der Waals surface area (Å²) in [6, 6.07) is 12.9. The van der Waals surface area contributed by atoms with Crippen LogP contribution in [0, 0.1) is 13.8 Å². The van der Waals surface area contributed by atoms with Gasteiger partial charge in [0.25, 0.3) is 0 Å². The van der Waals surface area contributed by atoms with Crippen LogP contribution in [0.15, 0.2) is 36.4 Å². The summed E-state index contributed by atoms with van der Waals surface area (Å²) in [5, 5.41) is 5.17. The Balaban J connectivity index is 2.30. The van der Waals surface area contributed by atoms with Gasteiger partial charge in [-0.1, -0.05) is 36.4 Å². The molecule has 3 aromatic carbocycles. The van der Waals surface area contributed by atoms with E-state index in [1.807, 2.05) is 0 Å². The quantitative estimate of drug-likeness (QED) is 0.534. The summed E-state index contributed by atoms with van der Waals surface area (Å²) < 4.78 is 0. The van der Waals surface area contributed by atoms with E-state index in [2.05, 4.69) is 50.2 Å². The number of ketones is 1. The molecule has 0 radical (unpaired) electrons. The van der Waals surface area contributed by atoms with E-state index >= 15 is 0 Å². The summed E-state index contributed by atoms with van der Waals surface area (Å²) in [7, 11) is 0. The van der Waals surface area contributed by atoms with E-state index in [1.54, 1.807) is 0 Å². The highest BCUT2D eigenvalue weighted by Crippen LogP contribution is 2.38. The monoisotopic (exact) mass is 260 g/mol. The van der Waals surface area contributed by atoms with Crippen molar-refractivity contribution in [2.75, 3.05) is 0 Å². The van der Waals surface area contributed by atoms with Gasteiger partial charge in [-0.3, -0.25) is 4.79 Å². The van der Waals surface area contributed by atoms with Crippen molar-refractivity contribution < 1.29 is 4.79 Å². The van der Waals surface area contributed by atoms with Gasteiger partial charge >= 0.3 is 0 Å². The van der Waals surface area contributed by atoms with Crippen LogP contribution in [-0.2, 0) is 6.42 Å². The van der Waals surface area contributed by atoms with Crippen LogP contribution in [0.1, 0.15) is 33.5 Å². The van der Waals surface area contributed by atoms with Gasteiger partial charge in [0, 0.05) is 12.0 Å². The second kappa shape index (κ2) is 3.92. The summed E-state index contributed by atoms with van der Waals surface area (Å²) in [6.45, 7) is 4.24. The minimum atomic E-state index is 0.315. The summed E-state index contributed by atoms with van der Waals surface area (Å²) in [6.07, 6.45) is 1.56. The lowest BCUT2D eigenvalue weighted by molar-refractivity contribution is 0.0994. The van der Waals surface area contributed by atoms with Gasteiger partial charge in [0.1, 0.15) is 0 Å². The summed E-state index contributed by atoms with van der Waals surface area (Å²) >= 11 is 0. The van der Waals surface area contributed by atoms with Crippen molar-refractivity contribution in [2.24, 2.45) is 0 Å². The number of hydrogen-bond acceptors (Lipinski definition) is 1. The first-order valence-corrected chi connectivity index (χ1v) is 7.15. The normalized spacial score (nSPS) is 14.2.